The molecule has 0 bridgehead atoms. The van der Waals surface area contributed by atoms with Gasteiger partial charge in [0.25, 0.3) is 0 Å². The predicted molar refractivity (Wildman–Crippen MR) is 99.7 cm³/mol. The Labute approximate surface area is 156 Å². The zero-order valence-corrected chi connectivity index (χ0v) is 15.3. The minimum Gasteiger partial charge on any atom is -0.480 e. The van der Waals surface area contributed by atoms with Crippen molar-refractivity contribution < 1.29 is 19.1 Å². The molecule has 0 radical (unpaired) electrons. The highest BCUT2D eigenvalue weighted by atomic mass is 32.2. The van der Waals surface area contributed by atoms with E-state index in [1.807, 2.05) is 30.3 Å². The monoisotopic (exact) mass is 374 g/mol. The van der Waals surface area contributed by atoms with Crippen LogP contribution in [0.25, 0.3) is 11.5 Å². The van der Waals surface area contributed by atoms with Gasteiger partial charge in [-0.1, -0.05) is 37.5 Å². The molecule has 0 spiro atoms. The summed E-state index contributed by atoms with van der Waals surface area (Å²) in [6, 6.07) is 9.61. The van der Waals surface area contributed by atoms with E-state index in [1.54, 1.807) is 6.26 Å². The fraction of sp³-hybridized carbons (Fsp3) is 0.421. The molecule has 138 valence electrons. The average molecular weight is 374 g/mol. The van der Waals surface area contributed by atoms with Crippen molar-refractivity contribution in [2.45, 2.75) is 43.4 Å². The Kier molecular flexibility index (Phi) is 5.98. The van der Waals surface area contributed by atoms with Crippen molar-refractivity contribution in [2.75, 3.05) is 5.75 Å². The van der Waals surface area contributed by atoms with Gasteiger partial charge in [-0.2, -0.15) is 0 Å². The summed E-state index contributed by atoms with van der Waals surface area (Å²) >= 11 is 1.39. The lowest BCUT2D eigenvalue weighted by Gasteiger charge is -2.33. The number of rotatable bonds is 7. The minimum absolute atomic E-state index is 0.197. The predicted octanol–water partition coefficient (Wildman–Crippen LogP) is 3.48. The van der Waals surface area contributed by atoms with Crippen LogP contribution in [0.3, 0.4) is 0 Å². The highest BCUT2D eigenvalue weighted by molar-refractivity contribution is 7.99. The van der Waals surface area contributed by atoms with Gasteiger partial charge < -0.3 is 14.8 Å². The first-order chi connectivity index (χ1) is 12.6. The summed E-state index contributed by atoms with van der Waals surface area (Å²) in [4.78, 5) is 28.2. The molecule has 0 unspecified atom stereocenters. The molecule has 1 saturated carbocycles. The number of hydrogen-bond donors (Lipinski definition) is 2. The van der Waals surface area contributed by atoms with Gasteiger partial charge in [-0.3, -0.25) is 4.79 Å². The number of thioether (sulfide) groups is 1. The van der Waals surface area contributed by atoms with E-state index in [2.05, 4.69) is 10.3 Å². The fourth-order valence-corrected chi connectivity index (χ4v) is 3.89. The largest absolute Gasteiger partial charge is 0.480 e. The molecule has 1 fully saturated rings. The molecule has 1 amide bonds. The van der Waals surface area contributed by atoms with Gasteiger partial charge in [0.2, 0.25) is 11.8 Å². The zero-order valence-electron chi connectivity index (χ0n) is 14.4. The number of aliphatic carboxylic acids is 1. The normalized spacial score (nSPS) is 16.2. The Morgan fingerprint density at radius 2 is 1.92 bits per heavy atom. The highest BCUT2D eigenvalue weighted by Crippen LogP contribution is 2.28. The van der Waals surface area contributed by atoms with Gasteiger partial charge in [-0.15, -0.1) is 11.8 Å². The first-order valence-electron chi connectivity index (χ1n) is 8.71. The molecule has 1 aromatic heterocycles. The van der Waals surface area contributed by atoms with Crippen molar-refractivity contribution in [1.29, 1.82) is 0 Å². The van der Waals surface area contributed by atoms with Gasteiger partial charge in [0.1, 0.15) is 11.8 Å². The zero-order chi connectivity index (χ0) is 18.4. The molecule has 26 heavy (non-hydrogen) atoms. The summed E-state index contributed by atoms with van der Waals surface area (Å²) < 4.78 is 5.47. The van der Waals surface area contributed by atoms with E-state index in [0.29, 0.717) is 24.5 Å². The molecular formula is C19H22N2O4S. The van der Waals surface area contributed by atoms with Crippen LogP contribution in [0, 0.1) is 0 Å². The Morgan fingerprint density at radius 1 is 1.19 bits per heavy atom. The smallest absolute Gasteiger partial charge is 0.329 e. The topological polar surface area (TPSA) is 92.4 Å². The molecule has 3 rings (SSSR count). The van der Waals surface area contributed by atoms with Gasteiger partial charge in [-0.05, 0) is 25.0 Å². The first kappa shape index (κ1) is 18.5. The molecular weight excluding hydrogens is 352 g/mol. The average Bonchev–Trinajstić information content (AvgIpc) is 3.12. The summed E-state index contributed by atoms with van der Waals surface area (Å²) in [7, 11) is 0. The molecule has 1 heterocycles. The second kappa shape index (κ2) is 8.40. The standard InChI is InChI=1S/C19H22N2O4S/c22-16(21-19(18(23)24)9-5-2-6-10-19)13-26-12-15-11-25-17(20-15)14-7-3-1-4-8-14/h1,3-4,7-8,11H,2,5-6,9-10,12-13H2,(H,21,22)(H,23,24). The molecule has 2 aromatic rings. The third kappa shape index (κ3) is 4.46. The number of benzene rings is 1. The number of carboxylic acids is 1. The van der Waals surface area contributed by atoms with Crippen LogP contribution in [0.5, 0.6) is 0 Å². The molecule has 1 aliphatic rings. The van der Waals surface area contributed by atoms with Crippen LogP contribution in [-0.2, 0) is 15.3 Å². The van der Waals surface area contributed by atoms with Gasteiger partial charge in [-0.25, -0.2) is 9.78 Å². The number of oxazole rings is 1. The lowest BCUT2D eigenvalue weighted by Crippen LogP contribution is -2.56. The van der Waals surface area contributed by atoms with E-state index in [0.717, 1.165) is 30.5 Å². The maximum Gasteiger partial charge on any atom is 0.329 e. The second-order valence-corrected chi connectivity index (χ2v) is 7.48. The SMILES string of the molecule is O=C(CSCc1coc(-c2ccccc2)n1)NC1(C(=O)O)CCCCC1. The quantitative estimate of drug-likeness (QED) is 0.771. The van der Waals surface area contributed by atoms with Crippen LogP contribution in [0.2, 0.25) is 0 Å². The lowest BCUT2D eigenvalue weighted by atomic mass is 9.81. The summed E-state index contributed by atoms with van der Waals surface area (Å²) in [5.41, 5.74) is 0.569. The Balaban J connectivity index is 1.49. The van der Waals surface area contributed by atoms with E-state index >= 15 is 0 Å². The number of carbonyl (C=O) groups is 2. The fourth-order valence-electron chi connectivity index (χ4n) is 3.19. The summed E-state index contributed by atoms with van der Waals surface area (Å²) in [5.74, 6) is 0.107. The maximum absolute atomic E-state index is 12.2. The summed E-state index contributed by atoms with van der Waals surface area (Å²) in [6.45, 7) is 0. The molecule has 0 saturated heterocycles. The van der Waals surface area contributed by atoms with Crippen LogP contribution >= 0.6 is 11.8 Å². The Bertz CT molecular complexity index is 754. The Morgan fingerprint density at radius 3 is 2.62 bits per heavy atom. The van der Waals surface area contributed by atoms with Crippen molar-refractivity contribution in [3.63, 3.8) is 0 Å². The van der Waals surface area contributed by atoms with E-state index < -0.39 is 11.5 Å². The van der Waals surface area contributed by atoms with Crippen LogP contribution < -0.4 is 5.32 Å². The molecule has 0 aliphatic heterocycles. The minimum atomic E-state index is -1.09. The van der Waals surface area contributed by atoms with Crippen LogP contribution in [-0.4, -0.2) is 33.3 Å². The number of aromatic nitrogens is 1. The van der Waals surface area contributed by atoms with Crippen molar-refractivity contribution >= 4 is 23.6 Å². The van der Waals surface area contributed by atoms with E-state index in [1.165, 1.54) is 11.8 Å². The lowest BCUT2D eigenvalue weighted by molar-refractivity contribution is -0.148. The third-order valence-electron chi connectivity index (χ3n) is 4.55. The van der Waals surface area contributed by atoms with Crippen molar-refractivity contribution in [3.05, 3.63) is 42.3 Å². The first-order valence-corrected chi connectivity index (χ1v) is 9.86. The van der Waals surface area contributed by atoms with Gasteiger partial charge >= 0.3 is 5.97 Å². The summed E-state index contributed by atoms with van der Waals surface area (Å²) in [5, 5.41) is 12.3. The number of carboxylic acid groups (broad SMARTS) is 1. The van der Waals surface area contributed by atoms with Crippen LogP contribution in [0.4, 0.5) is 0 Å². The number of nitrogens with one attached hydrogen (secondary N) is 1. The van der Waals surface area contributed by atoms with E-state index in [-0.39, 0.29) is 11.7 Å². The summed E-state index contributed by atoms with van der Waals surface area (Å²) in [6.07, 6.45) is 5.29. The van der Waals surface area contributed by atoms with E-state index in [4.69, 9.17) is 4.42 Å². The molecule has 0 atom stereocenters. The number of nitrogens with zero attached hydrogens (tertiary/aromatic N) is 1. The number of carbonyl (C=O) groups excluding carboxylic acids is 1. The molecule has 6 nitrogen and oxygen atoms in total. The molecule has 1 aromatic carbocycles. The van der Waals surface area contributed by atoms with Gasteiger partial charge in [0.15, 0.2) is 0 Å². The Hall–Kier alpha value is -2.28. The van der Waals surface area contributed by atoms with Crippen LogP contribution in [0.1, 0.15) is 37.8 Å². The highest BCUT2D eigenvalue weighted by Gasteiger charge is 2.40. The number of amides is 1. The van der Waals surface area contributed by atoms with Crippen molar-refractivity contribution in [2.24, 2.45) is 0 Å². The van der Waals surface area contributed by atoms with Gasteiger partial charge in [0, 0.05) is 11.3 Å². The van der Waals surface area contributed by atoms with E-state index in [9.17, 15) is 14.7 Å². The van der Waals surface area contributed by atoms with Gasteiger partial charge in [0.05, 0.1) is 11.4 Å². The van der Waals surface area contributed by atoms with Crippen molar-refractivity contribution in [3.8, 4) is 11.5 Å². The van der Waals surface area contributed by atoms with Crippen LogP contribution in [0.15, 0.2) is 41.0 Å². The molecule has 1 aliphatic carbocycles. The number of hydrogen-bond acceptors (Lipinski definition) is 5. The van der Waals surface area contributed by atoms with Crippen molar-refractivity contribution in [1.82, 2.24) is 10.3 Å². The molecule has 2 N–H and O–H groups in total. The second-order valence-electron chi connectivity index (χ2n) is 6.50. The molecule has 7 heteroatoms. The maximum atomic E-state index is 12.2. The third-order valence-corrected chi connectivity index (χ3v) is 5.52.